The number of hydrogen-bond donors (Lipinski definition) is 2. The van der Waals surface area contributed by atoms with Crippen molar-refractivity contribution < 1.29 is 0 Å². The van der Waals surface area contributed by atoms with Gasteiger partial charge >= 0.3 is 0 Å². The van der Waals surface area contributed by atoms with E-state index in [0.29, 0.717) is 11.8 Å². The molecule has 1 atom stereocenters. The summed E-state index contributed by atoms with van der Waals surface area (Å²) in [6, 6.07) is 0. The second-order valence-corrected chi connectivity index (χ2v) is 5.31. The number of amidine groups is 1. The molecule has 2 N–H and O–H groups in total. The molecule has 0 aromatic carbocycles. The Kier molecular flexibility index (Phi) is 2.65. The van der Waals surface area contributed by atoms with Gasteiger partial charge in [0, 0.05) is 13.0 Å². The van der Waals surface area contributed by atoms with Crippen molar-refractivity contribution in [2.75, 3.05) is 7.05 Å². The van der Waals surface area contributed by atoms with Crippen LogP contribution in [0, 0.1) is 11.3 Å². The van der Waals surface area contributed by atoms with Crippen LogP contribution in [0.4, 0.5) is 0 Å². The van der Waals surface area contributed by atoms with Crippen molar-refractivity contribution in [3.05, 3.63) is 34.4 Å². The summed E-state index contributed by atoms with van der Waals surface area (Å²) in [4.78, 5) is 0. The Bertz CT molecular complexity index is 452. The van der Waals surface area contributed by atoms with E-state index in [1.807, 2.05) is 7.05 Å². The molecule has 0 aromatic heterocycles. The summed E-state index contributed by atoms with van der Waals surface area (Å²) in [5.74, 6) is 1.12. The highest BCUT2D eigenvalue weighted by atomic mass is 14.9. The van der Waals surface area contributed by atoms with Gasteiger partial charge < -0.3 is 5.32 Å². The molecular weight excluding hydrogens is 208 g/mol. The fraction of sp³-hybridized carbons (Fsp3) is 0.533. The van der Waals surface area contributed by atoms with Gasteiger partial charge in [-0.1, -0.05) is 23.3 Å². The van der Waals surface area contributed by atoms with E-state index >= 15 is 0 Å². The Morgan fingerprint density at radius 1 is 1.24 bits per heavy atom. The van der Waals surface area contributed by atoms with E-state index in [2.05, 4.69) is 17.5 Å². The standard InChI is InChI=1S/C15H20N2/c1-17-15(16)12-8-11-7-6-10-4-2-3-5-13(10)14(11)9-12/h3,5,12H,2,4,6-9H2,1H3,(H2,16,17). The summed E-state index contributed by atoms with van der Waals surface area (Å²) in [7, 11) is 1.87. The molecule has 0 spiro atoms. The van der Waals surface area contributed by atoms with Crippen molar-refractivity contribution in [1.29, 1.82) is 5.41 Å². The average molecular weight is 228 g/mol. The van der Waals surface area contributed by atoms with Gasteiger partial charge in [0.05, 0.1) is 5.84 Å². The van der Waals surface area contributed by atoms with Gasteiger partial charge in [0.1, 0.15) is 0 Å². The number of hydrogen-bond acceptors (Lipinski definition) is 1. The third-order valence-corrected chi connectivity index (χ3v) is 4.38. The summed E-state index contributed by atoms with van der Waals surface area (Å²) in [6.07, 6.45) is 11.8. The number of allylic oxidation sites excluding steroid dienone is 6. The van der Waals surface area contributed by atoms with Gasteiger partial charge in [-0.15, -0.1) is 0 Å². The van der Waals surface area contributed by atoms with Crippen LogP contribution in [-0.2, 0) is 0 Å². The molecule has 0 saturated heterocycles. The average Bonchev–Trinajstić information content (AvgIpc) is 2.82. The molecular formula is C15H20N2. The number of nitrogens with one attached hydrogen (secondary N) is 2. The molecule has 90 valence electrons. The van der Waals surface area contributed by atoms with Gasteiger partial charge in [-0.05, 0) is 49.7 Å². The Balaban J connectivity index is 1.87. The Morgan fingerprint density at radius 3 is 2.88 bits per heavy atom. The van der Waals surface area contributed by atoms with Crippen LogP contribution in [0.25, 0.3) is 0 Å². The van der Waals surface area contributed by atoms with Crippen LogP contribution in [0.15, 0.2) is 34.4 Å². The highest BCUT2D eigenvalue weighted by Crippen LogP contribution is 2.45. The first kappa shape index (κ1) is 10.8. The molecule has 3 aliphatic carbocycles. The maximum atomic E-state index is 7.95. The fourth-order valence-corrected chi connectivity index (χ4v) is 3.43. The van der Waals surface area contributed by atoms with Crippen molar-refractivity contribution in [1.82, 2.24) is 5.32 Å². The van der Waals surface area contributed by atoms with Gasteiger partial charge in [0.2, 0.25) is 0 Å². The lowest BCUT2D eigenvalue weighted by Crippen LogP contribution is -2.25. The minimum absolute atomic E-state index is 0.409. The molecule has 2 heteroatoms. The molecule has 1 unspecified atom stereocenters. The molecule has 0 amide bonds. The van der Waals surface area contributed by atoms with E-state index < -0.39 is 0 Å². The molecule has 3 aliphatic rings. The van der Waals surface area contributed by atoms with Crippen LogP contribution in [0.1, 0.15) is 38.5 Å². The molecule has 0 bridgehead atoms. The Labute approximate surface area is 103 Å². The first-order chi connectivity index (χ1) is 8.29. The molecule has 0 fully saturated rings. The molecule has 0 saturated carbocycles. The molecule has 0 heterocycles. The summed E-state index contributed by atoms with van der Waals surface area (Å²) >= 11 is 0. The van der Waals surface area contributed by atoms with Gasteiger partial charge in [0.15, 0.2) is 0 Å². The molecule has 2 nitrogen and oxygen atoms in total. The molecule has 0 aromatic rings. The van der Waals surface area contributed by atoms with Crippen molar-refractivity contribution in [3.8, 4) is 0 Å². The van der Waals surface area contributed by atoms with E-state index in [1.54, 1.807) is 16.7 Å². The highest BCUT2D eigenvalue weighted by molar-refractivity contribution is 5.83. The summed E-state index contributed by atoms with van der Waals surface area (Å²) in [5, 5.41) is 11.0. The predicted octanol–water partition coefficient (Wildman–Crippen LogP) is 3.33. The smallest absolute Gasteiger partial charge is 0.0967 e. The zero-order valence-electron chi connectivity index (χ0n) is 10.5. The lowest BCUT2D eigenvalue weighted by atomic mass is 9.82. The van der Waals surface area contributed by atoms with Crippen molar-refractivity contribution in [2.24, 2.45) is 5.92 Å². The van der Waals surface area contributed by atoms with E-state index in [-0.39, 0.29) is 0 Å². The topological polar surface area (TPSA) is 35.9 Å². The number of rotatable bonds is 1. The summed E-state index contributed by atoms with van der Waals surface area (Å²) in [5.41, 5.74) is 6.40. The monoisotopic (exact) mass is 228 g/mol. The quantitative estimate of drug-likeness (QED) is 0.524. The normalized spacial score (nSPS) is 27.0. The van der Waals surface area contributed by atoms with Crippen molar-refractivity contribution in [2.45, 2.75) is 38.5 Å². The van der Waals surface area contributed by atoms with Crippen molar-refractivity contribution >= 4 is 5.84 Å². The minimum Gasteiger partial charge on any atom is -0.377 e. The first-order valence-corrected chi connectivity index (χ1v) is 6.65. The third-order valence-electron chi connectivity index (χ3n) is 4.38. The maximum Gasteiger partial charge on any atom is 0.0967 e. The van der Waals surface area contributed by atoms with Crippen LogP contribution in [0.5, 0.6) is 0 Å². The minimum atomic E-state index is 0.409. The Morgan fingerprint density at radius 2 is 2.06 bits per heavy atom. The second kappa shape index (κ2) is 4.17. The molecule has 0 radical (unpaired) electrons. The lowest BCUT2D eigenvalue weighted by Gasteiger charge is -2.23. The second-order valence-electron chi connectivity index (χ2n) is 5.31. The van der Waals surface area contributed by atoms with Gasteiger partial charge in [-0.2, -0.15) is 0 Å². The van der Waals surface area contributed by atoms with Crippen LogP contribution in [0.2, 0.25) is 0 Å². The third kappa shape index (κ3) is 1.76. The van der Waals surface area contributed by atoms with Gasteiger partial charge in [-0.25, -0.2) is 0 Å². The van der Waals surface area contributed by atoms with Gasteiger partial charge in [0.25, 0.3) is 0 Å². The zero-order valence-corrected chi connectivity index (χ0v) is 10.5. The lowest BCUT2D eigenvalue weighted by molar-refractivity contribution is 0.699. The van der Waals surface area contributed by atoms with E-state index in [0.717, 1.165) is 12.8 Å². The first-order valence-electron chi connectivity index (χ1n) is 6.65. The van der Waals surface area contributed by atoms with E-state index in [9.17, 15) is 0 Å². The molecule has 3 rings (SSSR count). The SMILES string of the molecule is CNC(=N)C1CC2=C(C1)C1=C(CCC=C1)CC2. The van der Waals surface area contributed by atoms with E-state index in [1.165, 1.54) is 31.3 Å². The van der Waals surface area contributed by atoms with Crippen LogP contribution in [0.3, 0.4) is 0 Å². The Hall–Kier alpha value is -1.31. The highest BCUT2D eigenvalue weighted by Gasteiger charge is 2.31. The zero-order chi connectivity index (χ0) is 11.8. The predicted molar refractivity (Wildman–Crippen MR) is 71.2 cm³/mol. The maximum absolute atomic E-state index is 7.95. The van der Waals surface area contributed by atoms with Crippen LogP contribution < -0.4 is 5.32 Å². The number of fused-ring (bicyclic) bond motifs is 1. The van der Waals surface area contributed by atoms with Crippen LogP contribution in [-0.4, -0.2) is 12.9 Å². The molecule has 0 aliphatic heterocycles. The summed E-state index contributed by atoms with van der Waals surface area (Å²) in [6.45, 7) is 0. The summed E-state index contributed by atoms with van der Waals surface area (Å²) < 4.78 is 0. The largest absolute Gasteiger partial charge is 0.377 e. The van der Waals surface area contributed by atoms with Crippen LogP contribution >= 0.6 is 0 Å². The van der Waals surface area contributed by atoms with Crippen molar-refractivity contribution in [3.63, 3.8) is 0 Å². The fourth-order valence-electron chi connectivity index (χ4n) is 3.43. The van der Waals surface area contributed by atoms with Gasteiger partial charge in [-0.3, -0.25) is 5.41 Å². The molecule has 17 heavy (non-hydrogen) atoms. The van der Waals surface area contributed by atoms with E-state index in [4.69, 9.17) is 5.41 Å².